The van der Waals surface area contributed by atoms with Crippen LogP contribution >= 0.6 is 0 Å². The summed E-state index contributed by atoms with van der Waals surface area (Å²) in [7, 11) is 3.85. The van der Waals surface area contributed by atoms with Gasteiger partial charge in [-0.05, 0) is 36.9 Å². The molecule has 1 atom stereocenters. The molecular formula is C17H30N2O. The summed E-state index contributed by atoms with van der Waals surface area (Å²) in [6.45, 7) is 7.20. The summed E-state index contributed by atoms with van der Waals surface area (Å²) in [6, 6.07) is 8.84. The first-order valence-electron chi connectivity index (χ1n) is 7.54. The van der Waals surface area contributed by atoms with Crippen molar-refractivity contribution in [3.8, 4) is 0 Å². The Morgan fingerprint density at radius 3 is 2.40 bits per heavy atom. The molecule has 1 aromatic carbocycles. The van der Waals surface area contributed by atoms with Crippen LogP contribution in [0.5, 0.6) is 0 Å². The fourth-order valence-electron chi connectivity index (χ4n) is 2.38. The molecule has 0 fully saturated rings. The minimum Gasteiger partial charge on any atom is -0.385 e. The maximum atomic E-state index is 6.28. The number of rotatable bonds is 9. The number of ether oxygens (including phenoxy) is 1. The van der Waals surface area contributed by atoms with E-state index in [0.717, 1.165) is 32.5 Å². The van der Waals surface area contributed by atoms with Gasteiger partial charge in [-0.15, -0.1) is 0 Å². The molecule has 0 aromatic heterocycles. The highest BCUT2D eigenvalue weighted by atomic mass is 16.5. The first-order chi connectivity index (χ1) is 9.52. The lowest BCUT2D eigenvalue weighted by Gasteiger charge is -2.21. The topological polar surface area (TPSA) is 38.5 Å². The van der Waals surface area contributed by atoms with Gasteiger partial charge in [0.15, 0.2) is 0 Å². The molecule has 0 radical (unpaired) electrons. The predicted molar refractivity (Wildman–Crippen MR) is 85.9 cm³/mol. The van der Waals surface area contributed by atoms with Gasteiger partial charge >= 0.3 is 0 Å². The van der Waals surface area contributed by atoms with Crippen LogP contribution < -0.4 is 5.73 Å². The Balaban J connectivity index is 2.44. The molecule has 0 aliphatic carbocycles. The Morgan fingerprint density at radius 2 is 1.85 bits per heavy atom. The molecule has 0 saturated carbocycles. The summed E-state index contributed by atoms with van der Waals surface area (Å²) in [5, 5.41) is 0. The predicted octanol–water partition coefficient (Wildman–Crippen LogP) is 2.85. The van der Waals surface area contributed by atoms with Gasteiger partial charge in [-0.25, -0.2) is 0 Å². The number of nitrogens with zero attached hydrogens (tertiary/aromatic N) is 1. The number of hydrogen-bond acceptors (Lipinski definition) is 3. The normalized spacial score (nSPS) is 13.2. The summed E-state index contributed by atoms with van der Waals surface area (Å²) in [5.74, 6) is 0.696. The molecule has 20 heavy (non-hydrogen) atoms. The van der Waals surface area contributed by atoms with Crippen molar-refractivity contribution >= 4 is 0 Å². The van der Waals surface area contributed by atoms with Gasteiger partial charge in [-0.3, -0.25) is 0 Å². The Bertz CT molecular complexity index is 362. The van der Waals surface area contributed by atoms with E-state index in [9.17, 15) is 0 Å². The molecule has 2 N–H and O–H groups in total. The number of methoxy groups -OCH3 is 1. The second kappa shape index (κ2) is 9.11. The van der Waals surface area contributed by atoms with Crippen LogP contribution in [0.3, 0.4) is 0 Å². The summed E-state index contributed by atoms with van der Waals surface area (Å²) in [5.41, 5.74) is 8.89. The fraction of sp³-hybridized carbons (Fsp3) is 0.647. The first kappa shape index (κ1) is 17.2. The van der Waals surface area contributed by atoms with E-state index in [1.165, 1.54) is 11.1 Å². The van der Waals surface area contributed by atoms with Crippen LogP contribution in [-0.2, 0) is 11.2 Å². The Morgan fingerprint density at radius 1 is 1.20 bits per heavy atom. The fourth-order valence-corrected chi connectivity index (χ4v) is 2.38. The van der Waals surface area contributed by atoms with Crippen molar-refractivity contribution in [3.63, 3.8) is 0 Å². The minimum atomic E-state index is 0.0793. The molecule has 3 heteroatoms. The molecule has 0 spiro atoms. The van der Waals surface area contributed by atoms with Gasteiger partial charge in [0.1, 0.15) is 0 Å². The second-order valence-electron chi connectivity index (χ2n) is 6.05. The van der Waals surface area contributed by atoms with Crippen LogP contribution in [-0.4, -0.2) is 38.8 Å². The highest BCUT2D eigenvalue weighted by molar-refractivity contribution is 5.25. The second-order valence-corrected chi connectivity index (χ2v) is 6.05. The number of likely N-dealkylation sites (N-methyl/N-ethyl adjacent to an activating group) is 1. The largest absolute Gasteiger partial charge is 0.385 e. The summed E-state index contributed by atoms with van der Waals surface area (Å²) < 4.78 is 5.07. The van der Waals surface area contributed by atoms with E-state index in [-0.39, 0.29) is 6.04 Å². The Hall–Kier alpha value is -0.900. The molecule has 0 amide bonds. The molecule has 1 aromatic rings. The third kappa shape index (κ3) is 6.51. The maximum Gasteiger partial charge on any atom is 0.0474 e. The number of nitrogens with two attached hydrogens (primary N) is 1. The molecule has 0 aliphatic rings. The van der Waals surface area contributed by atoms with E-state index in [1.807, 2.05) is 0 Å². The lowest BCUT2D eigenvalue weighted by atomic mass is 9.99. The van der Waals surface area contributed by atoms with Crippen molar-refractivity contribution in [2.24, 2.45) is 11.7 Å². The summed E-state index contributed by atoms with van der Waals surface area (Å²) in [6.07, 6.45) is 2.18. The molecule has 3 nitrogen and oxygen atoms in total. The van der Waals surface area contributed by atoms with Crippen LogP contribution in [0.25, 0.3) is 0 Å². The number of benzene rings is 1. The van der Waals surface area contributed by atoms with Gasteiger partial charge < -0.3 is 15.4 Å². The van der Waals surface area contributed by atoms with Crippen molar-refractivity contribution in [2.75, 3.05) is 33.9 Å². The SMILES string of the molecule is COCCCN(C)CC(N)c1ccc(CC(C)C)cc1. The van der Waals surface area contributed by atoms with Crippen LogP contribution in [0.1, 0.15) is 37.4 Å². The monoisotopic (exact) mass is 278 g/mol. The zero-order chi connectivity index (χ0) is 15.0. The zero-order valence-corrected chi connectivity index (χ0v) is 13.4. The van der Waals surface area contributed by atoms with Crippen LogP contribution in [0, 0.1) is 5.92 Å². The maximum absolute atomic E-state index is 6.28. The first-order valence-corrected chi connectivity index (χ1v) is 7.54. The Labute approximate surface area is 124 Å². The van der Waals surface area contributed by atoms with E-state index >= 15 is 0 Å². The van der Waals surface area contributed by atoms with E-state index in [4.69, 9.17) is 10.5 Å². The van der Waals surface area contributed by atoms with Crippen molar-refractivity contribution in [1.82, 2.24) is 4.90 Å². The van der Waals surface area contributed by atoms with Gasteiger partial charge in [-0.1, -0.05) is 38.1 Å². The molecule has 0 aliphatic heterocycles. The van der Waals surface area contributed by atoms with Gasteiger partial charge in [0.25, 0.3) is 0 Å². The van der Waals surface area contributed by atoms with E-state index in [1.54, 1.807) is 7.11 Å². The molecule has 1 unspecified atom stereocenters. The van der Waals surface area contributed by atoms with Crippen molar-refractivity contribution in [2.45, 2.75) is 32.7 Å². The van der Waals surface area contributed by atoms with E-state index in [2.05, 4.69) is 50.1 Å². The van der Waals surface area contributed by atoms with Crippen molar-refractivity contribution in [1.29, 1.82) is 0 Å². The molecule has 114 valence electrons. The smallest absolute Gasteiger partial charge is 0.0474 e. The minimum absolute atomic E-state index is 0.0793. The van der Waals surface area contributed by atoms with E-state index < -0.39 is 0 Å². The van der Waals surface area contributed by atoms with Gasteiger partial charge in [-0.2, -0.15) is 0 Å². The van der Waals surface area contributed by atoms with Crippen LogP contribution in [0.4, 0.5) is 0 Å². The average molecular weight is 278 g/mol. The average Bonchev–Trinajstić information content (AvgIpc) is 2.39. The lowest BCUT2D eigenvalue weighted by Crippen LogP contribution is -2.30. The van der Waals surface area contributed by atoms with Crippen molar-refractivity contribution in [3.05, 3.63) is 35.4 Å². The standard InChI is InChI=1S/C17H30N2O/c1-14(2)12-15-6-8-16(9-7-15)17(18)13-19(3)10-5-11-20-4/h6-9,14,17H,5,10-13,18H2,1-4H3. The van der Waals surface area contributed by atoms with Gasteiger partial charge in [0, 0.05) is 32.8 Å². The lowest BCUT2D eigenvalue weighted by molar-refractivity contribution is 0.177. The molecule has 0 heterocycles. The van der Waals surface area contributed by atoms with Gasteiger partial charge in [0.05, 0.1) is 0 Å². The Kier molecular flexibility index (Phi) is 7.82. The third-order valence-electron chi connectivity index (χ3n) is 3.45. The molecule has 0 saturated heterocycles. The summed E-state index contributed by atoms with van der Waals surface area (Å²) >= 11 is 0. The highest BCUT2D eigenvalue weighted by Crippen LogP contribution is 2.15. The van der Waals surface area contributed by atoms with Gasteiger partial charge in [0.2, 0.25) is 0 Å². The van der Waals surface area contributed by atoms with E-state index in [0.29, 0.717) is 5.92 Å². The number of hydrogen-bond donors (Lipinski definition) is 1. The quantitative estimate of drug-likeness (QED) is 0.706. The van der Waals surface area contributed by atoms with Crippen LogP contribution in [0.2, 0.25) is 0 Å². The molecule has 0 bridgehead atoms. The molecular weight excluding hydrogens is 248 g/mol. The molecule has 1 rings (SSSR count). The van der Waals surface area contributed by atoms with Crippen LogP contribution in [0.15, 0.2) is 24.3 Å². The summed E-state index contributed by atoms with van der Waals surface area (Å²) in [4.78, 5) is 2.27. The van der Waals surface area contributed by atoms with Crippen molar-refractivity contribution < 1.29 is 4.74 Å². The highest BCUT2D eigenvalue weighted by Gasteiger charge is 2.09. The third-order valence-corrected chi connectivity index (χ3v) is 3.45. The zero-order valence-electron chi connectivity index (χ0n) is 13.4.